The molecule has 0 unspecified atom stereocenters. The minimum Gasteiger partial charge on any atom is -0.307 e. The van der Waals surface area contributed by atoms with Crippen molar-refractivity contribution in [1.82, 2.24) is 9.97 Å². The molecule has 3 nitrogen and oxygen atoms in total. The number of hydrogen-bond donors (Lipinski definition) is 1. The molecule has 0 aliphatic rings. The molecule has 4 heteroatoms. The van der Waals surface area contributed by atoms with E-state index >= 15 is 0 Å². The molecule has 0 fully saturated rings. The second kappa shape index (κ2) is 3.98. The third kappa shape index (κ3) is 2.33. The molecular formula is C11H9BrN2O. The number of halogens is 1. The summed E-state index contributed by atoms with van der Waals surface area (Å²) in [6, 6.07) is 9.13. The smallest absolute Gasteiger partial charge is 0.251 e. The Morgan fingerprint density at radius 3 is 2.80 bits per heavy atom. The molecule has 0 aliphatic carbocycles. The summed E-state index contributed by atoms with van der Waals surface area (Å²) < 4.78 is 0.962. The van der Waals surface area contributed by atoms with Gasteiger partial charge in [-0.3, -0.25) is 4.79 Å². The number of nitrogens with zero attached hydrogens (tertiary/aromatic N) is 1. The summed E-state index contributed by atoms with van der Waals surface area (Å²) in [6.07, 6.45) is 0. The largest absolute Gasteiger partial charge is 0.307 e. The molecule has 0 amide bonds. The number of nitrogens with one attached hydrogen (secondary N) is 1. The van der Waals surface area contributed by atoms with Crippen LogP contribution in [0.4, 0.5) is 0 Å². The van der Waals surface area contributed by atoms with E-state index in [-0.39, 0.29) is 5.56 Å². The number of aryl methyl sites for hydroxylation is 1. The van der Waals surface area contributed by atoms with Gasteiger partial charge in [0.2, 0.25) is 0 Å². The van der Waals surface area contributed by atoms with Gasteiger partial charge in [-0.05, 0) is 19.1 Å². The quantitative estimate of drug-likeness (QED) is 0.861. The van der Waals surface area contributed by atoms with Crippen LogP contribution in [0.15, 0.2) is 39.6 Å². The average Bonchev–Trinajstić information content (AvgIpc) is 2.16. The van der Waals surface area contributed by atoms with Gasteiger partial charge in [-0.25, -0.2) is 4.98 Å². The first-order valence-electron chi connectivity index (χ1n) is 4.49. The Bertz CT molecular complexity index is 548. The van der Waals surface area contributed by atoms with Crippen molar-refractivity contribution in [2.24, 2.45) is 0 Å². The van der Waals surface area contributed by atoms with Crippen LogP contribution in [0.1, 0.15) is 5.69 Å². The summed E-state index contributed by atoms with van der Waals surface area (Å²) in [5.74, 6) is 0.598. The van der Waals surface area contributed by atoms with Crippen molar-refractivity contribution >= 4 is 15.9 Å². The Labute approximate surface area is 95.3 Å². The molecule has 0 radical (unpaired) electrons. The van der Waals surface area contributed by atoms with E-state index in [0.29, 0.717) is 11.5 Å². The molecule has 0 saturated carbocycles. The van der Waals surface area contributed by atoms with Gasteiger partial charge < -0.3 is 4.98 Å². The third-order valence-electron chi connectivity index (χ3n) is 1.97. The van der Waals surface area contributed by atoms with E-state index in [2.05, 4.69) is 25.9 Å². The molecule has 1 aromatic heterocycles. The second-order valence-electron chi connectivity index (χ2n) is 3.25. The maximum atomic E-state index is 11.3. The van der Waals surface area contributed by atoms with Gasteiger partial charge in [0.05, 0.1) is 0 Å². The molecular weight excluding hydrogens is 256 g/mol. The van der Waals surface area contributed by atoms with E-state index in [0.717, 1.165) is 10.0 Å². The van der Waals surface area contributed by atoms with Crippen molar-refractivity contribution in [2.45, 2.75) is 6.92 Å². The maximum absolute atomic E-state index is 11.3. The van der Waals surface area contributed by atoms with E-state index < -0.39 is 0 Å². The van der Waals surface area contributed by atoms with Gasteiger partial charge in [0.15, 0.2) is 0 Å². The summed E-state index contributed by atoms with van der Waals surface area (Å²) in [6.45, 7) is 1.80. The van der Waals surface area contributed by atoms with Crippen molar-refractivity contribution in [3.05, 3.63) is 50.9 Å². The van der Waals surface area contributed by atoms with Crippen LogP contribution in [-0.2, 0) is 0 Å². The third-order valence-corrected chi connectivity index (χ3v) is 2.46. The highest BCUT2D eigenvalue weighted by Crippen LogP contribution is 2.18. The first-order valence-corrected chi connectivity index (χ1v) is 5.28. The van der Waals surface area contributed by atoms with Crippen molar-refractivity contribution in [2.75, 3.05) is 0 Å². The van der Waals surface area contributed by atoms with Crippen LogP contribution < -0.4 is 5.56 Å². The lowest BCUT2D eigenvalue weighted by atomic mass is 10.2. The van der Waals surface area contributed by atoms with Crippen LogP contribution in [-0.4, -0.2) is 9.97 Å². The van der Waals surface area contributed by atoms with E-state index in [1.165, 1.54) is 6.07 Å². The number of rotatable bonds is 1. The number of H-pyrrole nitrogens is 1. The van der Waals surface area contributed by atoms with E-state index in [4.69, 9.17) is 0 Å². The molecule has 0 aliphatic heterocycles. The Morgan fingerprint density at radius 2 is 2.13 bits per heavy atom. The highest BCUT2D eigenvalue weighted by Gasteiger charge is 2.01. The molecule has 2 aromatic rings. The van der Waals surface area contributed by atoms with Crippen molar-refractivity contribution in [3.63, 3.8) is 0 Å². The number of aromatic amines is 1. The number of benzene rings is 1. The van der Waals surface area contributed by atoms with Gasteiger partial charge in [-0.1, -0.05) is 28.1 Å². The second-order valence-corrected chi connectivity index (χ2v) is 4.16. The highest BCUT2D eigenvalue weighted by molar-refractivity contribution is 9.10. The molecule has 0 saturated heterocycles. The summed E-state index contributed by atoms with van der Waals surface area (Å²) in [4.78, 5) is 18.2. The zero-order valence-corrected chi connectivity index (χ0v) is 9.71. The Hall–Kier alpha value is -1.42. The maximum Gasteiger partial charge on any atom is 0.251 e. The van der Waals surface area contributed by atoms with Crippen LogP contribution >= 0.6 is 15.9 Å². The van der Waals surface area contributed by atoms with Gasteiger partial charge in [0.25, 0.3) is 5.56 Å². The van der Waals surface area contributed by atoms with Crippen LogP contribution in [0.3, 0.4) is 0 Å². The van der Waals surface area contributed by atoms with Gasteiger partial charge in [0.1, 0.15) is 5.82 Å². The van der Waals surface area contributed by atoms with Gasteiger partial charge in [-0.15, -0.1) is 0 Å². The lowest BCUT2D eigenvalue weighted by Crippen LogP contribution is -2.08. The fourth-order valence-electron chi connectivity index (χ4n) is 1.35. The molecule has 15 heavy (non-hydrogen) atoms. The van der Waals surface area contributed by atoms with Crippen LogP contribution in [0.5, 0.6) is 0 Å². The van der Waals surface area contributed by atoms with Gasteiger partial charge in [-0.2, -0.15) is 0 Å². The lowest BCUT2D eigenvalue weighted by molar-refractivity contribution is 1.07. The molecule has 1 aromatic carbocycles. The minimum absolute atomic E-state index is 0.127. The number of hydrogen-bond acceptors (Lipinski definition) is 2. The minimum atomic E-state index is -0.127. The fraction of sp³-hybridized carbons (Fsp3) is 0.0909. The standard InChI is InChI=1S/C11H9BrN2O/c1-7-5-10(15)14-11(13-7)8-3-2-4-9(12)6-8/h2-6H,1H3,(H,13,14,15). The molecule has 1 heterocycles. The zero-order chi connectivity index (χ0) is 10.8. The number of aromatic nitrogens is 2. The molecule has 1 N–H and O–H groups in total. The van der Waals surface area contributed by atoms with Gasteiger partial charge in [0, 0.05) is 21.8 Å². The van der Waals surface area contributed by atoms with E-state index in [1.54, 1.807) is 6.92 Å². The first kappa shape index (κ1) is 10.1. The lowest BCUT2D eigenvalue weighted by Gasteiger charge is -2.01. The predicted molar refractivity (Wildman–Crippen MR) is 62.7 cm³/mol. The summed E-state index contributed by atoms with van der Waals surface area (Å²) >= 11 is 3.38. The summed E-state index contributed by atoms with van der Waals surface area (Å²) in [5.41, 5.74) is 1.48. The molecule has 76 valence electrons. The van der Waals surface area contributed by atoms with E-state index in [1.807, 2.05) is 24.3 Å². The molecule has 2 rings (SSSR count). The Morgan fingerprint density at radius 1 is 1.33 bits per heavy atom. The molecule has 0 bridgehead atoms. The first-order chi connectivity index (χ1) is 7.15. The van der Waals surface area contributed by atoms with Crippen LogP contribution in [0, 0.1) is 6.92 Å². The predicted octanol–water partition coefficient (Wildman–Crippen LogP) is 2.51. The monoisotopic (exact) mass is 264 g/mol. The summed E-state index contributed by atoms with van der Waals surface area (Å²) in [5, 5.41) is 0. The van der Waals surface area contributed by atoms with E-state index in [9.17, 15) is 4.79 Å². The SMILES string of the molecule is Cc1cc(=O)[nH]c(-c2cccc(Br)c2)n1. The van der Waals surface area contributed by atoms with Crippen LogP contribution in [0.2, 0.25) is 0 Å². The average molecular weight is 265 g/mol. The summed E-state index contributed by atoms with van der Waals surface area (Å²) in [7, 11) is 0. The normalized spacial score (nSPS) is 10.3. The van der Waals surface area contributed by atoms with Crippen molar-refractivity contribution < 1.29 is 0 Å². The fourth-order valence-corrected chi connectivity index (χ4v) is 1.75. The highest BCUT2D eigenvalue weighted by atomic mass is 79.9. The molecule has 0 spiro atoms. The Kier molecular flexibility index (Phi) is 2.68. The Balaban J connectivity index is 2.59. The zero-order valence-electron chi connectivity index (χ0n) is 8.12. The molecule has 0 atom stereocenters. The van der Waals surface area contributed by atoms with Gasteiger partial charge >= 0.3 is 0 Å². The topological polar surface area (TPSA) is 45.8 Å². The van der Waals surface area contributed by atoms with Crippen molar-refractivity contribution in [3.8, 4) is 11.4 Å². The van der Waals surface area contributed by atoms with Crippen molar-refractivity contribution in [1.29, 1.82) is 0 Å². The van der Waals surface area contributed by atoms with Crippen LogP contribution in [0.25, 0.3) is 11.4 Å².